The van der Waals surface area contributed by atoms with Gasteiger partial charge in [-0.3, -0.25) is 9.59 Å². The van der Waals surface area contributed by atoms with Crippen molar-refractivity contribution >= 4 is 34.7 Å². The van der Waals surface area contributed by atoms with Crippen LogP contribution < -0.4 is 10.1 Å². The van der Waals surface area contributed by atoms with Crippen molar-refractivity contribution < 1.29 is 23.9 Å². The van der Waals surface area contributed by atoms with Crippen molar-refractivity contribution in [3.63, 3.8) is 0 Å². The van der Waals surface area contributed by atoms with E-state index in [1.807, 2.05) is 5.38 Å². The summed E-state index contributed by atoms with van der Waals surface area (Å²) in [6.45, 7) is 1.44. The van der Waals surface area contributed by atoms with E-state index in [0.29, 0.717) is 33.0 Å². The average molecular weight is 409 g/mol. The number of ketones is 1. The third-order valence-corrected chi connectivity index (χ3v) is 5.04. The van der Waals surface area contributed by atoms with E-state index in [1.165, 1.54) is 25.4 Å². The number of amides is 1. The number of carbonyl (C=O) groups excluding carboxylic acids is 3. The van der Waals surface area contributed by atoms with Crippen molar-refractivity contribution in [2.24, 2.45) is 0 Å². The molecular formula is C22H19NO5S. The molecule has 7 heteroatoms. The van der Waals surface area contributed by atoms with Gasteiger partial charge >= 0.3 is 5.97 Å². The standard InChI is InChI=1S/C22H19NO5S/c1-14(24)16-7-10-19(27-2)17(12-16)13-28-22(26)15-5-8-18(9-6-15)23-21(25)20-4-3-11-29-20/h3-12H,13H2,1-2H3,(H,23,25). The van der Waals surface area contributed by atoms with Gasteiger partial charge in [0.2, 0.25) is 0 Å². The maximum atomic E-state index is 12.3. The third-order valence-electron chi connectivity index (χ3n) is 4.17. The topological polar surface area (TPSA) is 81.7 Å². The molecule has 0 atom stereocenters. The van der Waals surface area contributed by atoms with Crippen LogP contribution in [0.3, 0.4) is 0 Å². The van der Waals surface area contributed by atoms with Gasteiger partial charge in [-0.25, -0.2) is 4.79 Å². The smallest absolute Gasteiger partial charge is 0.338 e. The summed E-state index contributed by atoms with van der Waals surface area (Å²) >= 11 is 1.35. The Morgan fingerprint density at radius 3 is 2.34 bits per heavy atom. The van der Waals surface area contributed by atoms with Crippen LogP contribution in [0.1, 0.15) is 42.9 Å². The van der Waals surface area contributed by atoms with E-state index in [0.717, 1.165) is 0 Å². The highest BCUT2D eigenvalue weighted by Gasteiger charge is 2.13. The molecule has 0 aliphatic carbocycles. The molecule has 0 saturated heterocycles. The van der Waals surface area contributed by atoms with Crippen LogP contribution in [-0.2, 0) is 11.3 Å². The number of Topliss-reactive ketones (excluding diaryl/α,β-unsaturated/α-hetero) is 1. The maximum Gasteiger partial charge on any atom is 0.338 e. The number of thiophene rings is 1. The van der Waals surface area contributed by atoms with Crippen LogP contribution in [0.5, 0.6) is 5.75 Å². The van der Waals surface area contributed by atoms with Crippen LogP contribution in [0.2, 0.25) is 0 Å². The van der Waals surface area contributed by atoms with Crippen molar-refractivity contribution in [2.45, 2.75) is 13.5 Å². The Hall–Kier alpha value is -3.45. The molecule has 3 aromatic rings. The minimum atomic E-state index is -0.517. The second-order valence-corrected chi connectivity index (χ2v) is 7.12. The molecule has 1 amide bonds. The van der Waals surface area contributed by atoms with Crippen LogP contribution in [0.15, 0.2) is 60.0 Å². The summed E-state index contributed by atoms with van der Waals surface area (Å²) in [5.74, 6) is -0.265. The second kappa shape index (κ2) is 9.16. The predicted octanol–water partition coefficient (Wildman–Crippen LogP) is 4.57. The number of benzene rings is 2. The van der Waals surface area contributed by atoms with Gasteiger partial charge in [0.25, 0.3) is 5.91 Å². The summed E-state index contributed by atoms with van der Waals surface area (Å²) in [5, 5.41) is 4.60. The number of hydrogen-bond acceptors (Lipinski definition) is 6. The van der Waals surface area contributed by atoms with Crippen molar-refractivity contribution in [3.8, 4) is 5.75 Å². The largest absolute Gasteiger partial charge is 0.496 e. The first-order valence-corrected chi connectivity index (χ1v) is 9.66. The zero-order valence-corrected chi connectivity index (χ0v) is 16.7. The monoisotopic (exact) mass is 409 g/mol. The molecule has 0 aliphatic rings. The van der Waals surface area contributed by atoms with Gasteiger partial charge in [0.05, 0.1) is 17.6 Å². The summed E-state index contributed by atoms with van der Waals surface area (Å²) in [7, 11) is 1.51. The number of methoxy groups -OCH3 is 1. The van der Waals surface area contributed by atoms with Gasteiger partial charge in [-0.05, 0) is 60.8 Å². The molecule has 1 N–H and O–H groups in total. The average Bonchev–Trinajstić information content (AvgIpc) is 3.27. The Morgan fingerprint density at radius 1 is 1.00 bits per heavy atom. The Labute approximate surface area is 172 Å². The van der Waals surface area contributed by atoms with Crippen LogP contribution in [0, 0.1) is 0 Å². The SMILES string of the molecule is COc1ccc(C(C)=O)cc1COC(=O)c1ccc(NC(=O)c2cccs2)cc1. The number of nitrogens with one attached hydrogen (secondary N) is 1. The predicted molar refractivity (Wildman–Crippen MR) is 111 cm³/mol. The molecule has 0 radical (unpaired) electrons. The zero-order valence-electron chi connectivity index (χ0n) is 15.9. The van der Waals surface area contributed by atoms with E-state index < -0.39 is 5.97 Å². The Morgan fingerprint density at radius 2 is 1.72 bits per heavy atom. The normalized spacial score (nSPS) is 10.3. The number of rotatable bonds is 7. The van der Waals surface area contributed by atoms with Gasteiger partial charge in [-0.15, -0.1) is 11.3 Å². The molecule has 0 unspecified atom stereocenters. The van der Waals surface area contributed by atoms with Crippen LogP contribution in [0.25, 0.3) is 0 Å². The summed E-state index contributed by atoms with van der Waals surface area (Å²) in [5.41, 5.74) is 2.05. The van der Waals surface area contributed by atoms with Gasteiger partial charge < -0.3 is 14.8 Å². The van der Waals surface area contributed by atoms with Gasteiger partial charge in [-0.1, -0.05) is 6.07 Å². The third kappa shape index (κ3) is 5.08. The Kier molecular flexibility index (Phi) is 6.41. The molecule has 1 heterocycles. The minimum Gasteiger partial charge on any atom is -0.496 e. The Balaban J connectivity index is 1.63. The zero-order chi connectivity index (χ0) is 20.8. The maximum absolute atomic E-state index is 12.3. The minimum absolute atomic E-state index is 0.0278. The first-order valence-electron chi connectivity index (χ1n) is 8.78. The van der Waals surface area contributed by atoms with E-state index >= 15 is 0 Å². The molecule has 148 valence electrons. The van der Waals surface area contributed by atoms with Gasteiger partial charge in [-0.2, -0.15) is 0 Å². The molecular weight excluding hydrogens is 390 g/mol. The lowest BCUT2D eigenvalue weighted by atomic mass is 10.1. The number of carbonyl (C=O) groups is 3. The van der Waals surface area contributed by atoms with Gasteiger partial charge in [0.15, 0.2) is 5.78 Å². The molecule has 0 bridgehead atoms. The molecule has 0 aliphatic heterocycles. The summed E-state index contributed by atoms with van der Waals surface area (Å²) in [4.78, 5) is 36.6. The first kappa shape index (κ1) is 20.3. The van der Waals surface area contributed by atoms with E-state index in [4.69, 9.17) is 9.47 Å². The number of hydrogen-bond donors (Lipinski definition) is 1. The number of ether oxygens (including phenoxy) is 2. The number of anilines is 1. The molecule has 29 heavy (non-hydrogen) atoms. The molecule has 2 aromatic carbocycles. The highest BCUT2D eigenvalue weighted by Crippen LogP contribution is 2.22. The molecule has 0 fully saturated rings. The molecule has 0 spiro atoms. The molecule has 6 nitrogen and oxygen atoms in total. The van der Waals surface area contributed by atoms with E-state index in [1.54, 1.807) is 54.6 Å². The first-order chi connectivity index (χ1) is 14.0. The summed E-state index contributed by atoms with van der Waals surface area (Å²) in [6.07, 6.45) is 0. The molecule has 3 rings (SSSR count). The summed E-state index contributed by atoms with van der Waals surface area (Å²) < 4.78 is 10.6. The van der Waals surface area contributed by atoms with Gasteiger partial charge in [0.1, 0.15) is 12.4 Å². The lowest BCUT2D eigenvalue weighted by molar-refractivity contribution is 0.0470. The highest BCUT2D eigenvalue weighted by atomic mass is 32.1. The Bertz CT molecular complexity index is 1030. The van der Waals surface area contributed by atoms with Crippen LogP contribution in [0.4, 0.5) is 5.69 Å². The van der Waals surface area contributed by atoms with E-state index in [-0.39, 0.29) is 18.3 Å². The highest BCUT2D eigenvalue weighted by molar-refractivity contribution is 7.12. The van der Waals surface area contributed by atoms with Crippen molar-refractivity contribution in [3.05, 3.63) is 81.5 Å². The van der Waals surface area contributed by atoms with Crippen molar-refractivity contribution in [2.75, 3.05) is 12.4 Å². The van der Waals surface area contributed by atoms with E-state index in [9.17, 15) is 14.4 Å². The lowest BCUT2D eigenvalue weighted by Crippen LogP contribution is -2.11. The van der Waals surface area contributed by atoms with Crippen LogP contribution in [-0.4, -0.2) is 24.8 Å². The fourth-order valence-electron chi connectivity index (χ4n) is 2.63. The fraction of sp³-hybridized carbons (Fsp3) is 0.136. The van der Waals surface area contributed by atoms with Crippen LogP contribution >= 0.6 is 11.3 Å². The van der Waals surface area contributed by atoms with Crippen molar-refractivity contribution in [1.29, 1.82) is 0 Å². The lowest BCUT2D eigenvalue weighted by Gasteiger charge is -2.11. The van der Waals surface area contributed by atoms with Gasteiger partial charge in [0, 0.05) is 16.8 Å². The quantitative estimate of drug-likeness (QED) is 0.457. The molecule has 0 saturated carbocycles. The number of esters is 1. The fourth-order valence-corrected chi connectivity index (χ4v) is 3.25. The summed E-state index contributed by atoms with van der Waals surface area (Å²) in [6, 6.07) is 15.0. The molecule has 1 aromatic heterocycles. The van der Waals surface area contributed by atoms with E-state index in [2.05, 4.69) is 5.32 Å². The second-order valence-electron chi connectivity index (χ2n) is 6.17. The van der Waals surface area contributed by atoms with Crippen molar-refractivity contribution in [1.82, 2.24) is 0 Å².